The van der Waals surface area contributed by atoms with Crippen LogP contribution in [-0.2, 0) is 0 Å². The van der Waals surface area contributed by atoms with E-state index in [-0.39, 0.29) is 0 Å². The van der Waals surface area contributed by atoms with Gasteiger partial charge in [0.05, 0.1) is 0 Å². The van der Waals surface area contributed by atoms with Crippen molar-refractivity contribution in [2.45, 2.75) is 0 Å². The fraction of sp³-hybridized carbons (Fsp3) is 0.364. The van der Waals surface area contributed by atoms with E-state index in [1.165, 1.54) is 0 Å². The number of carbonyl (C=O) groups excluding carboxylic acids is 1. The molecule has 14 heavy (non-hydrogen) atoms. The third kappa shape index (κ3) is 4.74. The molecule has 0 saturated carbocycles. The lowest BCUT2D eigenvalue weighted by molar-refractivity contribution is 0.112. The molecule has 0 radical (unpaired) electrons. The van der Waals surface area contributed by atoms with Crippen LogP contribution >= 0.6 is 0 Å². The molecular formula is C11H16N2O. The maximum absolute atomic E-state index is 10.0. The van der Waals surface area contributed by atoms with E-state index in [1.807, 2.05) is 18.2 Å². The molecule has 1 aromatic carbocycles. The summed E-state index contributed by atoms with van der Waals surface area (Å²) in [7, 11) is 0. The highest BCUT2D eigenvalue weighted by atomic mass is 16.1. The highest BCUT2D eigenvalue weighted by molar-refractivity contribution is 5.74. The van der Waals surface area contributed by atoms with Gasteiger partial charge >= 0.3 is 0 Å². The molecule has 3 nitrogen and oxygen atoms in total. The number of hydrogen-bond acceptors (Lipinski definition) is 3. The standard InChI is InChI=1S/C7H6O.C4H10N2/c8-6-7-4-2-1-3-5-7;1-2-6-4-3-5-1/h1-6H;5-6H,1-4H2. The Bertz CT molecular complexity index is 233. The molecule has 0 bridgehead atoms. The molecule has 0 unspecified atom stereocenters. The van der Waals surface area contributed by atoms with Crippen molar-refractivity contribution in [3.63, 3.8) is 0 Å². The van der Waals surface area contributed by atoms with Crippen LogP contribution in [0.25, 0.3) is 0 Å². The summed E-state index contributed by atoms with van der Waals surface area (Å²) in [5, 5.41) is 6.44. The summed E-state index contributed by atoms with van der Waals surface area (Å²) in [6, 6.07) is 9.10. The molecule has 2 N–H and O–H groups in total. The number of hydrogen-bond donors (Lipinski definition) is 2. The summed E-state index contributed by atoms with van der Waals surface area (Å²) in [6.07, 6.45) is 0.833. The first-order valence-corrected chi connectivity index (χ1v) is 4.85. The minimum atomic E-state index is 0.729. The fourth-order valence-electron chi connectivity index (χ4n) is 1.14. The minimum absolute atomic E-state index is 0.729. The van der Waals surface area contributed by atoms with Gasteiger partial charge in [-0.1, -0.05) is 30.3 Å². The number of rotatable bonds is 1. The van der Waals surface area contributed by atoms with Gasteiger partial charge in [0.25, 0.3) is 0 Å². The first-order valence-electron chi connectivity index (χ1n) is 4.85. The molecule has 2 rings (SSSR count). The monoisotopic (exact) mass is 192 g/mol. The van der Waals surface area contributed by atoms with Gasteiger partial charge in [0.1, 0.15) is 6.29 Å². The normalized spacial score (nSPS) is 15.1. The van der Waals surface area contributed by atoms with Crippen LogP contribution in [0.2, 0.25) is 0 Å². The maximum atomic E-state index is 10.0. The molecule has 1 saturated heterocycles. The Morgan fingerprint density at radius 2 is 1.43 bits per heavy atom. The molecule has 0 atom stereocenters. The zero-order valence-electron chi connectivity index (χ0n) is 8.20. The number of piperazine rings is 1. The first-order chi connectivity index (χ1) is 6.93. The lowest BCUT2D eigenvalue weighted by Gasteiger charge is -2.11. The predicted octanol–water partition coefficient (Wildman–Crippen LogP) is 0.678. The maximum Gasteiger partial charge on any atom is 0.150 e. The van der Waals surface area contributed by atoms with Gasteiger partial charge in [-0.3, -0.25) is 4.79 Å². The molecule has 3 heteroatoms. The van der Waals surface area contributed by atoms with Crippen molar-refractivity contribution in [2.24, 2.45) is 0 Å². The van der Waals surface area contributed by atoms with Crippen molar-refractivity contribution in [3.05, 3.63) is 35.9 Å². The van der Waals surface area contributed by atoms with Crippen molar-refractivity contribution in [2.75, 3.05) is 26.2 Å². The molecule has 0 aliphatic carbocycles. The molecule has 1 aliphatic rings. The van der Waals surface area contributed by atoms with E-state index >= 15 is 0 Å². The van der Waals surface area contributed by atoms with Gasteiger partial charge in [-0.25, -0.2) is 0 Å². The number of nitrogens with one attached hydrogen (secondary N) is 2. The van der Waals surface area contributed by atoms with Gasteiger partial charge in [-0.15, -0.1) is 0 Å². The van der Waals surface area contributed by atoms with Crippen LogP contribution in [0.15, 0.2) is 30.3 Å². The Labute approximate surface area is 84.5 Å². The molecule has 76 valence electrons. The zero-order chi connectivity index (χ0) is 10.1. The summed E-state index contributed by atoms with van der Waals surface area (Å²) in [5.74, 6) is 0. The second-order valence-corrected chi connectivity index (χ2v) is 3.03. The van der Waals surface area contributed by atoms with E-state index < -0.39 is 0 Å². The van der Waals surface area contributed by atoms with Gasteiger partial charge < -0.3 is 10.6 Å². The highest BCUT2D eigenvalue weighted by Gasteiger charge is 1.91. The third-order valence-electron chi connectivity index (χ3n) is 1.89. The average molecular weight is 192 g/mol. The van der Waals surface area contributed by atoms with Crippen LogP contribution < -0.4 is 10.6 Å². The quantitative estimate of drug-likeness (QED) is 0.643. The van der Waals surface area contributed by atoms with Crippen molar-refractivity contribution >= 4 is 6.29 Å². The number of aldehydes is 1. The van der Waals surface area contributed by atoms with Crippen LogP contribution in [0.1, 0.15) is 10.4 Å². The molecule has 1 fully saturated rings. The van der Waals surface area contributed by atoms with Crippen LogP contribution in [-0.4, -0.2) is 32.5 Å². The molecule has 1 aliphatic heterocycles. The minimum Gasteiger partial charge on any atom is -0.314 e. The molecular weight excluding hydrogens is 176 g/mol. The highest BCUT2D eigenvalue weighted by Crippen LogP contribution is 1.91. The van der Waals surface area contributed by atoms with Crippen molar-refractivity contribution < 1.29 is 4.79 Å². The predicted molar refractivity (Wildman–Crippen MR) is 57.6 cm³/mol. The number of benzene rings is 1. The van der Waals surface area contributed by atoms with Crippen molar-refractivity contribution in [1.82, 2.24) is 10.6 Å². The second kappa shape index (κ2) is 7.24. The largest absolute Gasteiger partial charge is 0.314 e. The van der Waals surface area contributed by atoms with E-state index in [2.05, 4.69) is 10.6 Å². The second-order valence-electron chi connectivity index (χ2n) is 3.03. The molecule has 1 heterocycles. The summed E-state index contributed by atoms with van der Waals surface area (Å²) in [4.78, 5) is 10.0. The summed E-state index contributed by atoms with van der Waals surface area (Å²) < 4.78 is 0. The van der Waals surface area contributed by atoms with E-state index in [1.54, 1.807) is 12.1 Å². The summed E-state index contributed by atoms with van der Waals surface area (Å²) in [5.41, 5.74) is 0.729. The van der Waals surface area contributed by atoms with Crippen LogP contribution in [0.3, 0.4) is 0 Å². The topological polar surface area (TPSA) is 41.1 Å². The Kier molecular flexibility index (Phi) is 5.63. The van der Waals surface area contributed by atoms with E-state index in [0.29, 0.717) is 0 Å². The smallest absolute Gasteiger partial charge is 0.150 e. The SMILES string of the molecule is C1CNCCN1.O=Cc1ccccc1. The van der Waals surface area contributed by atoms with Gasteiger partial charge in [-0.2, -0.15) is 0 Å². The van der Waals surface area contributed by atoms with Gasteiger partial charge in [0.15, 0.2) is 0 Å². The van der Waals surface area contributed by atoms with Crippen molar-refractivity contribution in [3.8, 4) is 0 Å². The fourth-order valence-corrected chi connectivity index (χ4v) is 1.14. The van der Waals surface area contributed by atoms with E-state index in [0.717, 1.165) is 38.0 Å². The average Bonchev–Trinajstić information content (AvgIpc) is 2.33. The molecule has 1 aromatic rings. The lowest BCUT2D eigenvalue weighted by atomic mass is 10.2. The number of carbonyl (C=O) groups is 1. The first kappa shape index (κ1) is 10.9. The Hall–Kier alpha value is -1.19. The van der Waals surface area contributed by atoms with Crippen LogP contribution in [0.4, 0.5) is 0 Å². The van der Waals surface area contributed by atoms with E-state index in [9.17, 15) is 4.79 Å². The van der Waals surface area contributed by atoms with Gasteiger partial charge in [0.2, 0.25) is 0 Å². The third-order valence-corrected chi connectivity index (χ3v) is 1.89. The molecule has 0 amide bonds. The molecule has 0 aromatic heterocycles. The van der Waals surface area contributed by atoms with E-state index in [4.69, 9.17) is 0 Å². The lowest BCUT2D eigenvalue weighted by Crippen LogP contribution is -2.39. The zero-order valence-corrected chi connectivity index (χ0v) is 8.20. The van der Waals surface area contributed by atoms with Crippen molar-refractivity contribution in [1.29, 1.82) is 0 Å². The Balaban J connectivity index is 0.000000146. The van der Waals surface area contributed by atoms with Gasteiger partial charge in [0, 0.05) is 31.7 Å². The molecule has 0 spiro atoms. The van der Waals surface area contributed by atoms with Crippen LogP contribution in [0, 0.1) is 0 Å². The Morgan fingerprint density at radius 1 is 0.929 bits per heavy atom. The Morgan fingerprint density at radius 3 is 1.71 bits per heavy atom. The summed E-state index contributed by atoms with van der Waals surface area (Å²) >= 11 is 0. The summed E-state index contributed by atoms with van der Waals surface area (Å²) in [6.45, 7) is 4.56. The van der Waals surface area contributed by atoms with Gasteiger partial charge in [-0.05, 0) is 0 Å². The van der Waals surface area contributed by atoms with Crippen LogP contribution in [0.5, 0.6) is 0 Å².